The van der Waals surface area contributed by atoms with Crippen LogP contribution in [0.1, 0.15) is 54.2 Å². The van der Waals surface area contributed by atoms with Gasteiger partial charge in [0, 0.05) is 22.4 Å². The fourth-order valence-corrected chi connectivity index (χ4v) is 3.80. The molecule has 0 radical (unpaired) electrons. The Hall–Kier alpha value is -3.65. The first-order chi connectivity index (χ1) is 17.2. The Balaban J connectivity index is 1.96. The highest BCUT2D eigenvalue weighted by Crippen LogP contribution is 2.32. The highest BCUT2D eigenvalue weighted by molar-refractivity contribution is 9.10. The van der Waals surface area contributed by atoms with Crippen LogP contribution in [0.5, 0.6) is 0 Å². The number of hydrogen-bond acceptors (Lipinski definition) is 8. The Bertz CT molecular complexity index is 1360. The van der Waals surface area contributed by atoms with Crippen LogP contribution in [0.2, 0.25) is 0 Å². The zero-order chi connectivity index (χ0) is 27.5. The molecule has 3 aromatic rings. The lowest BCUT2D eigenvalue weighted by atomic mass is 10.2. The first kappa shape index (κ1) is 27.9. The molecule has 10 nitrogen and oxygen atoms in total. The average Bonchev–Trinajstić information content (AvgIpc) is 3.13. The second kappa shape index (κ2) is 10.8. The monoisotopic (exact) mass is 570 g/mol. The summed E-state index contributed by atoms with van der Waals surface area (Å²) in [6.07, 6.45) is 0.305. The van der Waals surface area contributed by atoms with Crippen LogP contribution in [0.4, 0.5) is 15.4 Å². The molecule has 0 bridgehead atoms. The maximum atomic E-state index is 13.2. The molecule has 2 aromatic heterocycles. The SMILES string of the molecule is C[C@@H](CNc1cnc(C#N)c(-c2cc3cc(Br)ccc3n2C(=O)OC(C)(C)C)n1)NC(=O)OC(C)(C)C. The number of carbonyl (C=O) groups excluding carboxylic acids is 2. The number of nitriles is 1. The van der Waals surface area contributed by atoms with Crippen molar-refractivity contribution in [3.05, 3.63) is 40.6 Å². The Morgan fingerprint density at radius 3 is 2.43 bits per heavy atom. The molecule has 0 unspecified atom stereocenters. The molecule has 1 amide bonds. The van der Waals surface area contributed by atoms with Gasteiger partial charge in [0.2, 0.25) is 0 Å². The summed E-state index contributed by atoms with van der Waals surface area (Å²) in [6, 6.07) is 9.01. The van der Waals surface area contributed by atoms with Crippen molar-refractivity contribution in [3.8, 4) is 17.5 Å². The van der Waals surface area contributed by atoms with E-state index in [1.165, 1.54) is 10.8 Å². The van der Waals surface area contributed by atoms with E-state index in [0.29, 0.717) is 23.6 Å². The Kier molecular flexibility index (Phi) is 8.12. The van der Waals surface area contributed by atoms with E-state index in [0.717, 1.165) is 9.86 Å². The number of fused-ring (bicyclic) bond motifs is 1. The van der Waals surface area contributed by atoms with Gasteiger partial charge in [0.05, 0.1) is 17.4 Å². The van der Waals surface area contributed by atoms with Crippen LogP contribution >= 0.6 is 15.9 Å². The summed E-state index contributed by atoms with van der Waals surface area (Å²) in [4.78, 5) is 34.1. The number of benzene rings is 1. The van der Waals surface area contributed by atoms with E-state index in [-0.39, 0.29) is 17.4 Å². The summed E-state index contributed by atoms with van der Waals surface area (Å²) in [6.45, 7) is 12.9. The zero-order valence-corrected chi connectivity index (χ0v) is 23.6. The third kappa shape index (κ3) is 7.43. The highest BCUT2D eigenvalue weighted by Gasteiger charge is 2.25. The normalized spacial score (nSPS) is 12.5. The van der Waals surface area contributed by atoms with Crippen molar-refractivity contribution in [2.75, 3.05) is 11.9 Å². The number of nitrogens with one attached hydrogen (secondary N) is 2. The van der Waals surface area contributed by atoms with Crippen LogP contribution in [-0.2, 0) is 9.47 Å². The minimum atomic E-state index is -0.731. The van der Waals surface area contributed by atoms with Crippen molar-refractivity contribution in [2.45, 2.75) is 65.7 Å². The molecule has 0 aliphatic rings. The number of nitrogens with zero attached hydrogens (tertiary/aromatic N) is 4. The third-order valence-electron chi connectivity index (χ3n) is 4.81. The molecule has 2 N–H and O–H groups in total. The Labute approximate surface area is 224 Å². The van der Waals surface area contributed by atoms with Gasteiger partial charge < -0.3 is 20.1 Å². The summed E-state index contributed by atoms with van der Waals surface area (Å²) < 4.78 is 13.2. The number of halogens is 1. The van der Waals surface area contributed by atoms with Crippen molar-refractivity contribution in [1.29, 1.82) is 5.26 Å². The molecule has 2 heterocycles. The minimum absolute atomic E-state index is 0.0529. The lowest BCUT2D eigenvalue weighted by molar-refractivity contribution is 0.0507. The van der Waals surface area contributed by atoms with Gasteiger partial charge in [-0.1, -0.05) is 15.9 Å². The lowest BCUT2D eigenvalue weighted by Crippen LogP contribution is -2.40. The fraction of sp³-hybridized carbons (Fsp3) is 0.423. The summed E-state index contributed by atoms with van der Waals surface area (Å²) in [5, 5.41) is 16.4. The van der Waals surface area contributed by atoms with E-state index in [1.807, 2.05) is 19.1 Å². The molecule has 0 aliphatic carbocycles. The molecule has 1 aromatic carbocycles. The number of hydrogen-bond donors (Lipinski definition) is 2. The number of anilines is 1. The summed E-state index contributed by atoms with van der Waals surface area (Å²) >= 11 is 3.46. The third-order valence-corrected chi connectivity index (χ3v) is 5.31. The predicted molar refractivity (Wildman–Crippen MR) is 144 cm³/mol. The second-order valence-electron chi connectivity index (χ2n) is 10.5. The number of alkyl carbamates (subject to hydrolysis) is 1. The summed E-state index contributed by atoms with van der Waals surface area (Å²) in [5.41, 5.74) is -0.0882. The smallest absolute Gasteiger partial charge is 0.419 e. The number of rotatable bonds is 5. The topological polar surface area (TPSA) is 131 Å². The highest BCUT2D eigenvalue weighted by atomic mass is 79.9. The van der Waals surface area contributed by atoms with Crippen molar-refractivity contribution in [3.63, 3.8) is 0 Å². The van der Waals surface area contributed by atoms with Crippen LogP contribution in [0.25, 0.3) is 22.3 Å². The van der Waals surface area contributed by atoms with Crippen molar-refractivity contribution >= 4 is 44.8 Å². The molecule has 196 valence electrons. The van der Waals surface area contributed by atoms with E-state index in [9.17, 15) is 14.9 Å². The Morgan fingerprint density at radius 2 is 1.81 bits per heavy atom. The Morgan fingerprint density at radius 1 is 1.14 bits per heavy atom. The van der Waals surface area contributed by atoms with Crippen LogP contribution in [0.15, 0.2) is 34.9 Å². The van der Waals surface area contributed by atoms with Gasteiger partial charge in [0.25, 0.3) is 0 Å². The van der Waals surface area contributed by atoms with E-state index >= 15 is 0 Å². The quantitative estimate of drug-likeness (QED) is 0.391. The maximum absolute atomic E-state index is 13.2. The zero-order valence-electron chi connectivity index (χ0n) is 22.0. The number of amides is 1. The predicted octanol–water partition coefficient (Wildman–Crippen LogP) is 5.84. The van der Waals surface area contributed by atoms with Crippen molar-refractivity contribution < 1.29 is 19.1 Å². The summed E-state index contributed by atoms with van der Waals surface area (Å²) in [5.74, 6) is 0.369. The largest absolute Gasteiger partial charge is 0.444 e. The van der Waals surface area contributed by atoms with Crippen LogP contribution < -0.4 is 10.6 Å². The fourth-order valence-electron chi connectivity index (χ4n) is 3.42. The number of aromatic nitrogens is 3. The van der Waals surface area contributed by atoms with Crippen molar-refractivity contribution in [1.82, 2.24) is 19.9 Å². The summed E-state index contributed by atoms with van der Waals surface area (Å²) in [7, 11) is 0. The number of carbonyl (C=O) groups is 2. The molecule has 11 heteroatoms. The van der Waals surface area contributed by atoms with Gasteiger partial charge in [0.15, 0.2) is 5.69 Å². The molecule has 0 saturated heterocycles. The molecule has 37 heavy (non-hydrogen) atoms. The van der Waals surface area contributed by atoms with E-state index in [2.05, 4.69) is 42.6 Å². The van der Waals surface area contributed by atoms with Gasteiger partial charge in [-0.05, 0) is 72.7 Å². The van der Waals surface area contributed by atoms with Crippen LogP contribution in [0, 0.1) is 11.3 Å². The van der Waals surface area contributed by atoms with E-state index < -0.39 is 23.4 Å². The molecular weight excluding hydrogens is 540 g/mol. The maximum Gasteiger partial charge on any atom is 0.419 e. The molecule has 0 saturated carbocycles. The molecule has 0 fully saturated rings. The molecule has 0 aliphatic heterocycles. The first-order valence-corrected chi connectivity index (χ1v) is 12.5. The van der Waals surface area contributed by atoms with Gasteiger partial charge in [-0.15, -0.1) is 0 Å². The number of ether oxygens (including phenoxy) is 2. The van der Waals surface area contributed by atoms with Crippen LogP contribution in [-0.4, -0.2) is 50.5 Å². The second-order valence-corrected chi connectivity index (χ2v) is 11.5. The lowest BCUT2D eigenvalue weighted by Gasteiger charge is -2.22. The molecule has 3 rings (SSSR count). The average molecular weight is 571 g/mol. The van der Waals surface area contributed by atoms with Crippen LogP contribution in [0.3, 0.4) is 0 Å². The molecular formula is C26H31BrN6O4. The van der Waals surface area contributed by atoms with E-state index in [1.54, 1.807) is 53.7 Å². The standard InChI is InChI=1S/C26H31BrN6O4/c1-15(31-23(34)36-25(2,3)4)13-30-21-14-29-18(12-28)22(32-21)20-11-16-10-17(27)8-9-19(16)33(20)24(35)37-26(5,6)7/h8-11,14-15H,13H2,1-7H3,(H,30,32)(H,31,34)/t15-/m0/s1. The van der Waals surface area contributed by atoms with Gasteiger partial charge in [0.1, 0.15) is 28.8 Å². The van der Waals surface area contributed by atoms with Gasteiger partial charge in [-0.3, -0.25) is 0 Å². The molecule has 1 atom stereocenters. The van der Waals surface area contributed by atoms with E-state index in [4.69, 9.17) is 9.47 Å². The van der Waals surface area contributed by atoms with Gasteiger partial charge in [-0.2, -0.15) is 5.26 Å². The molecule has 0 spiro atoms. The first-order valence-electron chi connectivity index (χ1n) is 11.7. The van der Waals surface area contributed by atoms with Crippen molar-refractivity contribution in [2.24, 2.45) is 0 Å². The van der Waals surface area contributed by atoms with Gasteiger partial charge >= 0.3 is 12.2 Å². The minimum Gasteiger partial charge on any atom is -0.444 e. The van der Waals surface area contributed by atoms with Gasteiger partial charge in [-0.25, -0.2) is 24.1 Å².